The topological polar surface area (TPSA) is 54.4 Å². The van der Waals surface area contributed by atoms with Gasteiger partial charge in [0.25, 0.3) is 0 Å². The van der Waals surface area contributed by atoms with Gasteiger partial charge in [-0.3, -0.25) is 9.59 Å². The Morgan fingerprint density at radius 2 is 1.81 bits per heavy atom. The summed E-state index contributed by atoms with van der Waals surface area (Å²) in [6.45, 7) is 7.23. The Balaban J connectivity index is 1.57. The average Bonchev–Trinajstić information content (AvgIpc) is 2.97. The Kier molecular flexibility index (Phi) is 4.96. The number of ketones is 1. The normalized spacial score (nSPS) is 47.7. The van der Waals surface area contributed by atoms with Crippen molar-refractivity contribution < 1.29 is 14.7 Å². The second kappa shape index (κ2) is 6.88. The molecule has 1 N–H and O–H groups in total. The first-order valence-corrected chi connectivity index (χ1v) is 11.5. The third-order valence-corrected chi connectivity index (χ3v) is 9.96. The number of rotatable bonds is 4. The number of fused-ring (bicyclic) bond motifs is 5. The van der Waals surface area contributed by atoms with E-state index in [2.05, 4.69) is 20.8 Å². The molecule has 0 bridgehead atoms. The first-order valence-electron chi connectivity index (χ1n) is 11.5. The summed E-state index contributed by atoms with van der Waals surface area (Å²) >= 11 is 0. The minimum absolute atomic E-state index is 0.243. The van der Waals surface area contributed by atoms with E-state index in [1.165, 1.54) is 51.4 Å². The van der Waals surface area contributed by atoms with Crippen molar-refractivity contribution in [3.8, 4) is 0 Å². The number of carbonyl (C=O) groups excluding carboxylic acids is 1. The van der Waals surface area contributed by atoms with Crippen LogP contribution in [-0.4, -0.2) is 16.9 Å². The van der Waals surface area contributed by atoms with E-state index in [1.807, 2.05) is 0 Å². The molecule has 8 atom stereocenters. The fourth-order valence-electron chi connectivity index (χ4n) is 8.49. The van der Waals surface area contributed by atoms with Crippen LogP contribution in [-0.2, 0) is 9.59 Å². The SMILES string of the molecule is C[C@H](CCC(=O)O)[C@H]1CC[C@H]2[C@@H]3C(=O)CC4CCCC[C@]4(C)[C@H]3CC[C@]12C. The first kappa shape index (κ1) is 19.5. The van der Waals surface area contributed by atoms with Crippen LogP contribution in [0.15, 0.2) is 0 Å². The van der Waals surface area contributed by atoms with E-state index < -0.39 is 5.97 Å². The maximum absolute atomic E-state index is 13.3. The summed E-state index contributed by atoms with van der Waals surface area (Å²) in [5, 5.41) is 9.08. The minimum Gasteiger partial charge on any atom is -0.481 e. The molecule has 0 aliphatic heterocycles. The van der Waals surface area contributed by atoms with Crippen LogP contribution >= 0.6 is 0 Å². The number of carboxylic acid groups (broad SMARTS) is 1. The van der Waals surface area contributed by atoms with Crippen LogP contribution in [0.2, 0.25) is 0 Å². The zero-order chi connectivity index (χ0) is 19.4. The zero-order valence-corrected chi connectivity index (χ0v) is 17.5. The van der Waals surface area contributed by atoms with Gasteiger partial charge in [-0.2, -0.15) is 0 Å². The Labute approximate surface area is 164 Å². The van der Waals surface area contributed by atoms with Gasteiger partial charge in [-0.05, 0) is 85.4 Å². The lowest BCUT2D eigenvalue weighted by Crippen LogP contribution is -2.56. The third-order valence-electron chi connectivity index (χ3n) is 9.96. The van der Waals surface area contributed by atoms with Crippen molar-refractivity contribution in [3.05, 3.63) is 0 Å². The highest BCUT2D eigenvalue weighted by molar-refractivity contribution is 5.83. The molecule has 0 amide bonds. The smallest absolute Gasteiger partial charge is 0.303 e. The van der Waals surface area contributed by atoms with Crippen LogP contribution in [0.4, 0.5) is 0 Å². The molecule has 27 heavy (non-hydrogen) atoms. The molecular formula is C24H38O3. The van der Waals surface area contributed by atoms with Crippen molar-refractivity contribution in [2.24, 2.45) is 46.3 Å². The van der Waals surface area contributed by atoms with Gasteiger partial charge in [0.2, 0.25) is 0 Å². The highest BCUT2D eigenvalue weighted by Crippen LogP contribution is 2.67. The fourth-order valence-corrected chi connectivity index (χ4v) is 8.49. The van der Waals surface area contributed by atoms with Crippen LogP contribution < -0.4 is 0 Å². The summed E-state index contributed by atoms with van der Waals surface area (Å²) in [6, 6.07) is 0. The van der Waals surface area contributed by atoms with E-state index in [-0.39, 0.29) is 11.8 Å². The van der Waals surface area contributed by atoms with Gasteiger partial charge in [0.05, 0.1) is 0 Å². The van der Waals surface area contributed by atoms with Crippen LogP contribution in [0, 0.1) is 46.3 Å². The summed E-state index contributed by atoms with van der Waals surface area (Å²) in [5.74, 6) is 3.02. The molecule has 1 unspecified atom stereocenters. The Morgan fingerprint density at radius 3 is 2.56 bits per heavy atom. The van der Waals surface area contributed by atoms with E-state index in [0.717, 1.165) is 12.8 Å². The minimum atomic E-state index is -0.677. The Bertz CT molecular complexity index is 613. The summed E-state index contributed by atoms with van der Waals surface area (Å²) in [7, 11) is 0. The molecule has 152 valence electrons. The number of Topliss-reactive ketones (excluding diaryl/α,β-unsaturated/α-hetero) is 1. The van der Waals surface area contributed by atoms with Gasteiger partial charge in [-0.25, -0.2) is 0 Å². The van der Waals surface area contributed by atoms with Crippen molar-refractivity contribution in [1.29, 1.82) is 0 Å². The fraction of sp³-hybridized carbons (Fsp3) is 0.917. The molecule has 0 heterocycles. The van der Waals surface area contributed by atoms with Crippen LogP contribution in [0.3, 0.4) is 0 Å². The number of hydrogen-bond acceptors (Lipinski definition) is 2. The van der Waals surface area contributed by atoms with E-state index in [4.69, 9.17) is 5.11 Å². The molecule has 4 aliphatic carbocycles. The third kappa shape index (κ3) is 2.99. The molecule has 0 spiro atoms. The monoisotopic (exact) mass is 374 g/mol. The lowest BCUT2D eigenvalue weighted by atomic mass is 9.44. The van der Waals surface area contributed by atoms with Crippen LogP contribution in [0.1, 0.15) is 91.4 Å². The van der Waals surface area contributed by atoms with Gasteiger partial charge in [0.1, 0.15) is 5.78 Å². The van der Waals surface area contributed by atoms with Gasteiger partial charge in [-0.1, -0.05) is 33.6 Å². The standard InChI is InChI=1S/C24H38O3/c1-15(7-10-21(26)27)17-8-9-18-22-19(11-13-24(17,18)3)23(2)12-5-4-6-16(23)14-20(22)25/h15-19,22H,4-14H2,1-3H3,(H,26,27)/t15-,16?,17-,18+,19+,22+,23+,24-/m1/s1. The maximum Gasteiger partial charge on any atom is 0.303 e. The van der Waals surface area contributed by atoms with Gasteiger partial charge in [0, 0.05) is 18.8 Å². The van der Waals surface area contributed by atoms with E-state index in [1.54, 1.807) is 0 Å². The summed E-state index contributed by atoms with van der Waals surface area (Å²) in [4.78, 5) is 24.4. The zero-order valence-electron chi connectivity index (χ0n) is 17.5. The molecule has 0 saturated heterocycles. The summed E-state index contributed by atoms with van der Waals surface area (Å²) < 4.78 is 0. The highest BCUT2D eigenvalue weighted by Gasteiger charge is 2.62. The molecule has 0 radical (unpaired) electrons. The quantitative estimate of drug-likeness (QED) is 0.685. The van der Waals surface area contributed by atoms with Crippen molar-refractivity contribution >= 4 is 11.8 Å². The molecule has 4 fully saturated rings. The Morgan fingerprint density at radius 1 is 1.07 bits per heavy atom. The predicted octanol–water partition coefficient (Wildman–Crippen LogP) is 5.72. The number of aliphatic carboxylic acids is 1. The van der Waals surface area contributed by atoms with Gasteiger partial charge in [-0.15, -0.1) is 0 Å². The van der Waals surface area contributed by atoms with Gasteiger partial charge < -0.3 is 5.11 Å². The molecule has 4 rings (SSSR count). The second-order valence-corrected chi connectivity index (χ2v) is 11.0. The summed E-state index contributed by atoms with van der Waals surface area (Å²) in [6.07, 6.45) is 12.0. The lowest BCUT2D eigenvalue weighted by Gasteiger charge is -2.60. The van der Waals surface area contributed by atoms with Crippen molar-refractivity contribution in [1.82, 2.24) is 0 Å². The average molecular weight is 375 g/mol. The van der Waals surface area contributed by atoms with Crippen molar-refractivity contribution in [2.45, 2.75) is 91.4 Å². The number of carboxylic acids is 1. The highest BCUT2D eigenvalue weighted by atomic mass is 16.4. The lowest BCUT2D eigenvalue weighted by molar-refractivity contribution is -0.156. The van der Waals surface area contributed by atoms with Gasteiger partial charge in [0.15, 0.2) is 0 Å². The molecule has 0 aromatic heterocycles. The molecule has 4 aliphatic rings. The molecule has 4 saturated carbocycles. The predicted molar refractivity (Wildman–Crippen MR) is 106 cm³/mol. The van der Waals surface area contributed by atoms with Crippen LogP contribution in [0.25, 0.3) is 0 Å². The second-order valence-electron chi connectivity index (χ2n) is 11.0. The molecule has 0 aromatic carbocycles. The van der Waals surface area contributed by atoms with Gasteiger partial charge >= 0.3 is 5.97 Å². The first-order chi connectivity index (χ1) is 12.8. The molecular weight excluding hydrogens is 336 g/mol. The summed E-state index contributed by atoms with van der Waals surface area (Å²) in [5.41, 5.74) is 0.637. The maximum atomic E-state index is 13.3. The largest absolute Gasteiger partial charge is 0.481 e. The molecule has 3 nitrogen and oxygen atoms in total. The number of carbonyl (C=O) groups is 2. The van der Waals surface area contributed by atoms with E-state index in [9.17, 15) is 9.59 Å². The van der Waals surface area contributed by atoms with Crippen molar-refractivity contribution in [2.75, 3.05) is 0 Å². The van der Waals surface area contributed by atoms with Crippen LogP contribution in [0.5, 0.6) is 0 Å². The Hall–Kier alpha value is -0.860. The molecule has 0 aromatic rings. The van der Waals surface area contributed by atoms with E-state index >= 15 is 0 Å². The molecule has 3 heteroatoms. The van der Waals surface area contributed by atoms with E-state index in [0.29, 0.717) is 46.7 Å². The van der Waals surface area contributed by atoms with Crippen molar-refractivity contribution in [3.63, 3.8) is 0 Å². The number of hydrogen-bond donors (Lipinski definition) is 1.